The first kappa shape index (κ1) is 21.1. The molecule has 2 aromatic carbocycles. The minimum absolute atomic E-state index is 0.0317. The zero-order valence-electron chi connectivity index (χ0n) is 15.6. The number of benzene rings is 2. The molecule has 0 bridgehead atoms. The zero-order valence-corrected chi connectivity index (χ0v) is 15.6. The van der Waals surface area contributed by atoms with Crippen LogP contribution in [0.4, 0.5) is 33.5 Å². The van der Waals surface area contributed by atoms with Gasteiger partial charge in [-0.25, -0.2) is 18.7 Å². The second-order valence-electron chi connectivity index (χ2n) is 6.83. The molecule has 2 heterocycles. The van der Waals surface area contributed by atoms with E-state index in [0.29, 0.717) is 5.69 Å². The Morgan fingerprint density at radius 3 is 2.29 bits per heavy atom. The lowest BCUT2D eigenvalue weighted by atomic mass is 10.1. The highest BCUT2D eigenvalue weighted by Gasteiger charge is 2.39. The van der Waals surface area contributed by atoms with Crippen molar-refractivity contribution >= 4 is 11.5 Å². The van der Waals surface area contributed by atoms with Crippen molar-refractivity contribution < 1.29 is 32.2 Å². The van der Waals surface area contributed by atoms with E-state index in [1.807, 2.05) is 0 Å². The van der Waals surface area contributed by atoms with Gasteiger partial charge in [0, 0.05) is 12.2 Å². The van der Waals surface area contributed by atoms with E-state index in [1.165, 1.54) is 18.2 Å². The maximum Gasteiger partial charge on any atom is 0.418 e. The number of aliphatic hydroxyl groups is 2. The van der Waals surface area contributed by atoms with Crippen LogP contribution in [0.25, 0.3) is 11.4 Å². The van der Waals surface area contributed by atoms with Crippen molar-refractivity contribution in [1.29, 1.82) is 0 Å². The number of anilines is 2. The van der Waals surface area contributed by atoms with Gasteiger partial charge in [-0.3, -0.25) is 5.32 Å². The molecule has 31 heavy (non-hydrogen) atoms. The summed E-state index contributed by atoms with van der Waals surface area (Å²) < 4.78 is 66.4. The number of nitrogens with one attached hydrogen (secondary N) is 2. The van der Waals surface area contributed by atoms with Gasteiger partial charge in [0.1, 0.15) is 23.7 Å². The van der Waals surface area contributed by atoms with Gasteiger partial charge in [-0.05, 0) is 29.8 Å². The van der Waals surface area contributed by atoms with E-state index < -0.39 is 35.7 Å². The molecule has 162 valence electrons. The number of rotatable bonds is 4. The minimum Gasteiger partial charge on any atom is -0.379 e. The number of hydrogen-bond donors (Lipinski definition) is 4. The van der Waals surface area contributed by atoms with Gasteiger partial charge in [0.25, 0.3) is 0 Å². The third kappa shape index (κ3) is 4.07. The normalized spacial score (nSPS) is 16.8. The van der Waals surface area contributed by atoms with Crippen LogP contribution in [-0.2, 0) is 6.54 Å². The maximum absolute atomic E-state index is 14.2. The quantitative estimate of drug-likeness (QED) is 0.463. The Bertz CT molecular complexity index is 1100. The maximum atomic E-state index is 14.2. The van der Waals surface area contributed by atoms with Crippen molar-refractivity contribution in [2.75, 3.05) is 5.32 Å². The molecule has 11 heteroatoms. The molecular formula is C20H15F5N4O2. The molecule has 0 spiro atoms. The van der Waals surface area contributed by atoms with Crippen LogP contribution >= 0.6 is 0 Å². The number of hydrogen-bond acceptors (Lipinski definition) is 6. The fourth-order valence-electron chi connectivity index (χ4n) is 3.23. The molecule has 1 aliphatic rings. The average Bonchev–Trinajstić information content (AvgIpc) is 3.08. The van der Waals surface area contributed by atoms with Gasteiger partial charge in [0.15, 0.2) is 11.9 Å². The number of halogens is 5. The molecule has 0 aliphatic carbocycles. The third-order valence-corrected chi connectivity index (χ3v) is 4.75. The van der Waals surface area contributed by atoms with Crippen LogP contribution in [0, 0.1) is 11.6 Å². The number of nitrogens with zero attached hydrogens (tertiary/aromatic N) is 2. The first-order valence-corrected chi connectivity index (χ1v) is 9.03. The van der Waals surface area contributed by atoms with Crippen molar-refractivity contribution in [2.45, 2.75) is 25.1 Å². The van der Waals surface area contributed by atoms with Gasteiger partial charge in [-0.2, -0.15) is 13.2 Å². The number of aromatic nitrogens is 2. The van der Waals surface area contributed by atoms with E-state index in [1.54, 1.807) is 0 Å². The summed E-state index contributed by atoms with van der Waals surface area (Å²) in [6.07, 6.45) is -8.59. The van der Waals surface area contributed by atoms with E-state index in [0.717, 1.165) is 24.3 Å². The lowest BCUT2D eigenvalue weighted by Gasteiger charge is -2.16. The number of aliphatic hydroxyl groups excluding tert-OH is 2. The van der Waals surface area contributed by atoms with Crippen LogP contribution in [-0.4, -0.2) is 26.4 Å². The topological polar surface area (TPSA) is 90.3 Å². The summed E-state index contributed by atoms with van der Waals surface area (Å²) in [5.41, 5.74) is 0.0323. The van der Waals surface area contributed by atoms with Crippen LogP contribution < -0.4 is 10.6 Å². The zero-order chi connectivity index (χ0) is 22.3. The Balaban J connectivity index is 1.72. The van der Waals surface area contributed by atoms with Crippen LogP contribution in [0.2, 0.25) is 0 Å². The summed E-state index contributed by atoms with van der Waals surface area (Å²) in [5, 5.41) is 25.1. The Hall–Kier alpha value is -3.15. The first-order chi connectivity index (χ1) is 14.6. The van der Waals surface area contributed by atoms with Gasteiger partial charge in [-0.15, -0.1) is 0 Å². The predicted molar refractivity (Wildman–Crippen MR) is 99.9 cm³/mol. The summed E-state index contributed by atoms with van der Waals surface area (Å²) in [6.45, 7) is 0.119. The molecule has 0 amide bonds. The van der Waals surface area contributed by atoms with Gasteiger partial charge in [0.2, 0.25) is 0 Å². The molecule has 1 unspecified atom stereocenters. The largest absolute Gasteiger partial charge is 0.418 e. The fraction of sp³-hybridized carbons (Fsp3) is 0.200. The lowest BCUT2D eigenvalue weighted by molar-refractivity contribution is -0.206. The van der Waals surface area contributed by atoms with Crippen molar-refractivity contribution in [3.05, 3.63) is 70.9 Å². The van der Waals surface area contributed by atoms with Gasteiger partial charge < -0.3 is 15.5 Å². The summed E-state index contributed by atoms with van der Waals surface area (Å²) in [5.74, 6) is -1.97. The monoisotopic (exact) mass is 438 g/mol. The SMILES string of the molecule is OC1NCc2nc(-c3c(F)cccc3F)nc(Nc3ccc([C@H](O)C(F)(F)F)cc3)c21. The Morgan fingerprint density at radius 1 is 1.03 bits per heavy atom. The molecule has 4 rings (SSSR count). The molecule has 6 nitrogen and oxygen atoms in total. The highest BCUT2D eigenvalue weighted by molar-refractivity contribution is 5.66. The summed E-state index contributed by atoms with van der Waals surface area (Å²) in [7, 11) is 0. The van der Waals surface area contributed by atoms with E-state index >= 15 is 0 Å². The Kier molecular flexibility index (Phi) is 5.33. The summed E-state index contributed by atoms with van der Waals surface area (Å²) >= 11 is 0. The molecule has 1 aromatic heterocycles. The molecule has 1 aliphatic heterocycles. The Morgan fingerprint density at radius 2 is 1.68 bits per heavy atom. The Labute approximate surface area is 172 Å². The van der Waals surface area contributed by atoms with Gasteiger partial charge >= 0.3 is 6.18 Å². The number of fused-ring (bicyclic) bond motifs is 1. The van der Waals surface area contributed by atoms with E-state index in [4.69, 9.17) is 0 Å². The smallest absolute Gasteiger partial charge is 0.379 e. The standard InChI is InChI=1S/C20H15F5N4O2/c21-11-2-1-3-12(22)14(11)17-28-13-8-26-19(31)15(13)18(29-17)27-10-6-4-9(5-7-10)16(30)20(23,24)25/h1-7,16,19,26,30-31H,8H2,(H,27,28,29)/t16-,19?/m0/s1. The molecule has 2 atom stereocenters. The molecule has 0 radical (unpaired) electrons. The molecular weight excluding hydrogens is 423 g/mol. The molecule has 0 saturated heterocycles. The summed E-state index contributed by atoms with van der Waals surface area (Å²) in [4.78, 5) is 8.30. The van der Waals surface area contributed by atoms with Gasteiger partial charge in [-0.1, -0.05) is 18.2 Å². The van der Waals surface area contributed by atoms with E-state index in [2.05, 4.69) is 20.6 Å². The lowest BCUT2D eigenvalue weighted by Crippen LogP contribution is -2.20. The van der Waals surface area contributed by atoms with E-state index in [9.17, 15) is 32.2 Å². The van der Waals surface area contributed by atoms with Crippen LogP contribution in [0.1, 0.15) is 29.2 Å². The van der Waals surface area contributed by atoms with Crippen molar-refractivity contribution in [2.24, 2.45) is 0 Å². The molecule has 0 saturated carbocycles. The van der Waals surface area contributed by atoms with Crippen LogP contribution in [0.15, 0.2) is 42.5 Å². The number of alkyl halides is 3. The third-order valence-electron chi connectivity index (χ3n) is 4.75. The average molecular weight is 438 g/mol. The van der Waals surface area contributed by atoms with E-state index in [-0.39, 0.29) is 35.0 Å². The fourth-order valence-corrected chi connectivity index (χ4v) is 3.23. The molecule has 3 aromatic rings. The first-order valence-electron chi connectivity index (χ1n) is 9.03. The molecule has 4 N–H and O–H groups in total. The van der Waals surface area contributed by atoms with Gasteiger partial charge in [0.05, 0.1) is 16.8 Å². The molecule has 0 fully saturated rings. The highest BCUT2D eigenvalue weighted by Crippen LogP contribution is 2.35. The second-order valence-corrected chi connectivity index (χ2v) is 6.83. The van der Waals surface area contributed by atoms with Crippen molar-refractivity contribution in [3.63, 3.8) is 0 Å². The van der Waals surface area contributed by atoms with Crippen LogP contribution in [0.3, 0.4) is 0 Å². The van der Waals surface area contributed by atoms with Crippen molar-refractivity contribution in [3.8, 4) is 11.4 Å². The van der Waals surface area contributed by atoms with Crippen molar-refractivity contribution in [1.82, 2.24) is 15.3 Å². The minimum atomic E-state index is -4.81. The second kappa shape index (κ2) is 7.84. The predicted octanol–water partition coefficient (Wildman–Crippen LogP) is 3.86. The van der Waals surface area contributed by atoms with Crippen LogP contribution in [0.5, 0.6) is 0 Å². The summed E-state index contributed by atoms with van der Waals surface area (Å²) in [6, 6.07) is 8.01. The highest BCUT2D eigenvalue weighted by atomic mass is 19.4.